The number of nitrogens with one attached hydrogen (secondary N) is 2. The van der Waals surface area contributed by atoms with Gasteiger partial charge in [-0.15, -0.1) is 11.3 Å². The van der Waals surface area contributed by atoms with Crippen molar-refractivity contribution in [2.75, 3.05) is 18.7 Å². The Morgan fingerprint density at radius 2 is 1.97 bits per heavy atom. The molecule has 2 unspecified atom stereocenters. The van der Waals surface area contributed by atoms with E-state index in [1.807, 2.05) is 30.3 Å². The number of thiophene rings is 1. The number of amides is 1. The lowest BCUT2D eigenvalue weighted by atomic mass is 10.00. The van der Waals surface area contributed by atoms with Crippen molar-refractivity contribution in [2.45, 2.75) is 25.2 Å². The molecule has 4 rings (SSSR count). The predicted molar refractivity (Wildman–Crippen MR) is 112 cm³/mol. The number of fused-ring (bicyclic) bond motifs is 1. The van der Waals surface area contributed by atoms with E-state index >= 15 is 0 Å². The quantitative estimate of drug-likeness (QED) is 0.457. The van der Waals surface area contributed by atoms with Crippen LogP contribution in [0.5, 0.6) is 0 Å². The van der Waals surface area contributed by atoms with Gasteiger partial charge in [0.15, 0.2) is 5.76 Å². The smallest absolute Gasteiger partial charge is 0.394 e. The third kappa shape index (κ3) is 4.59. The number of carboxylic acids is 2. The lowest BCUT2D eigenvalue weighted by Gasteiger charge is -2.26. The Bertz CT molecular complexity index is 1070. The number of benzene rings is 1. The summed E-state index contributed by atoms with van der Waals surface area (Å²) in [6.45, 7) is 0.699. The fourth-order valence-electron chi connectivity index (χ4n) is 3.61. The normalized spacial score (nSPS) is 18.0. The van der Waals surface area contributed by atoms with Crippen LogP contribution in [0.4, 0.5) is 5.00 Å². The molecule has 1 amide bonds. The standard InChI is InChI=1S/C21H20N2O8S/c24-18(21(27)28)23-19-16(20(25)26)13-6-12(30-9-15(13)32-19)7-22-17(14-8-29-10-31-14)11-4-2-1-3-5-11/h1-5,8,12,17,22H,6-7,9-10H2,(H,23,24)(H,25,26)(H,27,28). The highest BCUT2D eigenvalue weighted by Gasteiger charge is 2.32. The first-order valence-corrected chi connectivity index (χ1v) is 10.5. The molecule has 2 atom stereocenters. The first-order valence-electron chi connectivity index (χ1n) is 9.70. The van der Waals surface area contributed by atoms with E-state index in [-0.39, 0.29) is 36.1 Å². The number of aromatic carboxylic acids is 1. The zero-order valence-electron chi connectivity index (χ0n) is 16.7. The van der Waals surface area contributed by atoms with E-state index in [1.54, 1.807) is 6.26 Å². The molecule has 0 aliphatic carbocycles. The SMILES string of the molecule is O=C(O)C(=O)Nc1sc2c(c1C(=O)O)CC(CNC(C1=COCO1)c1ccccc1)OC2. The molecule has 0 bridgehead atoms. The van der Waals surface area contributed by atoms with Crippen molar-refractivity contribution in [1.29, 1.82) is 0 Å². The first kappa shape index (κ1) is 21.8. The van der Waals surface area contributed by atoms with Gasteiger partial charge < -0.3 is 35.1 Å². The molecule has 2 aliphatic rings. The molecule has 0 saturated carbocycles. The van der Waals surface area contributed by atoms with Gasteiger partial charge >= 0.3 is 17.8 Å². The Hall–Kier alpha value is -3.41. The average Bonchev–Trinajstić information content (AvgIpc) is 3.42. The number of carbonyl (C=O) groups is 3. The summed E-state index contributed by atoms with van der Waals surface area (Å²) < 4.78 is 16.6. The van der Waals surface area contributed by atoms with Gasteiger partial charge in [-0.1, -0.05) is 30.3 Å². The van der Waals surface area contributed by atoms with Crippen molar-refractivity contribution in [1.82, 2.24) is 5.32 Å². The van der Waals surface area contributed by atoms with Gasteiger partial charge in [0, 0.05) is 17.8 Å². The molecule has 0 saturated heterocycles. The second-order valence-corrected chi connectivity index (χ2v) is 8.22. The van der Waals surface area contributed by atoms with Gasteiger partial charge in [-0.2, -0.15) is 0 Å². The summed E-state index contributed by atoms with van der Waals surface area (Å²) >= 11 is 1.01. The Morgan fingerprint density at radius 1 is 1.19 bits per heavy atom. The number of carboxylic acid groups (broad SMARTS) is 2. The summed E-state index contributed by atoms with van der Waals surface area (Å²) in [7, 11) is 0. The third-order valence-electron chi connectivity index (χ3n) is 5.07. The molecule has 11 heteroatoms. The fourth-order valence-corrected chi connectivity index (χ4v) is 4.75. The van der Waals surface area contributed by atoms with Crippen LogP contribution in [0.25, 0.3) is 0 Å². The molecule has 2 aliphatic heterocycles. The van der Waals surface area contributed by atoms with Gasteiger partial charge in [0.25, 0.3) is 0 Å². The largest absolute Gasteiger partial charge is 0.478 e. The number of hydrogen-bond donors (Lipinski definition) is 4. The zero-order valence-corrected chi connectivity index (χ0v) is 17.5. The van der Waals surface area contributed by atoms with Crippen molar-refractivity contribution in [2.24, 2.45) is 0 Å². The van der Waals surface area contributed by atoms with Gasteiger partial charge in [0.2, 0.25) is 6.79 Å². The monoisotopic (exact) mass is 460 g/mol. The van der Waals surface area contributed by atoms with Crippen LogP contribution in [0.1, 0.15) is 32.4 Å². The lowest BCUT2D eigenvalue weighted by Crippen LogP contribution is -2.36. The highest BCUT2D eigenvalue weighted by Crippen LogP contribution is 2.38. The molecule has 2 aromatic rings. The van der Waals surface area contributed by atoms with E-state index < -0.39 is 17.8 Å². The van der Waals surface area contributed by atoms with Crippen molar-refractivity contribution < 1.29 is 38.8 Å². The molecule has 32 heavy (non-hydrogen) atoms. The van der Waals surface area contributed by atoms with Gasteiger partial charge in [-0.25, -0.2) is 9.59 Å². The van der Waals surface area contributed by atoms with Gasteiger partial charge in [0.1, 0.15) is 11.3 Å². The maximum atomic E-state index is 11.9. The Balaban J connectivity index is 1.50. The number of hydrogen-bond acceptors (Lipinski definition) is 8. The summed E-state index contributed by atoms with van der Waals surface area (Å²) in [5.41, 5.74) is 1.42. The van der Waals surface area contributed by atoms with E-state index in [1.165, 1.54) is 0 Å². The van der Waals surface area contributed by atoms with Gasteiger partial charge in [0.05, 0.1) is 24.3 Å². The summed E-state index contributed by atoms with van der Waals surface area (Å²) in [5.74, 6) is -3.58. The third-order valence-corrected chi connectivity index (χ3v) is 6.19. The molecule has 10 nitrogen and oxygen atoms in total. The van der Waals surface area contributed by atoms with Gasteiger partial charge in [-0.3, -0.25) is 4.79 Å². The zero-order chi connectivity index (χ0) is 22.7. The van der Waals surface area contributed by atoms with Crippen LogP contribution in [0.2, 0.25) is 0 Å². The van der Waals surface area contributed by atoms with E-state index in [0.29, 0.717) is 29.2 Å². The van der Waals surface area contributed by atoms with Crippen molar-refractivity contribution >= 4 is 34.2 Å². The van der Waals surface area contributed by atoms with E-state index in [0.717, 1.165) is 16.9 Å². The van der Waals surface area contributed by atoms with Crippen LogP contribution >= 0.6 is 11.3 Å². The maximum absolute atomic E-state index is 11.9. The van der Waals surface area contributed by atoms with Crippen LogP contribution < -0.4 is 10.6 Å². The maximum Gasteiger partial charge on any atom is 0.394 e. The molecular weight excluding hydrogens is 440 g/mol. The predicted octanol–water partition coefficient (Wildman–Crippen LogP) is 2.09. The number of rotatable bonds is 7. The van der Waals surface area contributed by atoms with Crippen LogP contribution in [-0.4, -0.2) is 47.5 Å². The average molecular weight is 460 g/mol. The second-order valence-electron chi connectivity index (χ2n) is 7.11. The summed E-state index contributed by atoms with van der Waals surface area (Å²) in [6.07, 6.45) is 1.51. The minimum atomic E-state index is -1.69. The first-order chi connectivity index (χ1) is 15.4. The lowest BCUT2D eigenvalue weighted by molar-refractivity contribution is -0.147. The second kappa shape index (κ2) is 9.39. The minimum absolute atomic E-state index is 0.00377. The molecule has 3 heterocycles. The van der Waals surface area contributed by atoms with Crippen LogP contribution in [0.3, 0.4) is 0 Å². The highest BCUT2D eigenvalue weighted by atomic mass is 32.1. The molecule has 0 radical (unpaired) electrons. The summed E-state index contributed by atoms with van der Waals surface area (Å²) in [6, 6.07) is 9.40. The molecule has 168 valence electrons. The summed E-state index contributed by atoms with van der Waals surface area (Å²) in [5, 5.41) is 24.0. The number of aliphatic carboxylic acids is 1. The van der Waals surface area contributed by atoms with Crippen LogP contribution in [-0.2, 0) is 36.8 Å². The Morgan fingerprint density at radius 3 is 2.62 bits per heavy atom. The van der Waals surface area contributed by atoms with Crippen molar-refractivity contribution in [3.05, 3.63) is 63.9 Å². The van der Waals surface area contributed by atoms with Crippen molar-refractivity contribution in [3.63, 3.8) is 0 Å². The van der Waals surface area contributed by atoms with Crippen LogP contribution in [0, 0.1) is 0 Å². The molecular formula is C21H20N2O8S. The molecule has 1 aromatic heterocycles. The van der Waals surface area contributed by atoms with E-state index in [4.69, 9.17) is 19.3 Å². The van der Waals surface area contributed by atoms with Gasteiger partial charge in [-0.05, 0) is 11.1 Å². The molecule has 4 N–H and O–H groups in total. The topological polar surface area (TPSA) is 143 Å². The minimum Gasteiger partial charge on any atom is -0.478 e. The molecule has 0 spiro atoms. The number of anilines is 1. The highest BCUT2D eigenvalue weighted by molar-refractivity contribution is 7.17. The summed E-state index contributed by atoms with van der Waals surface area (Å²) in [4.78, 5) is 34.9. The number of ether oxygens (including phenoxy) is 3. The van der Waals surface area contributed by atoms with E-state index in [9.17, 15) is 19.5 Å². The van der Waals surface area contributed by atoms with Crippen LogP contribution in [0.15, 0.2) is 42.4 Å². The number of carbonyl (C=O) groups excluding carboxylic acids is 1. The Labute approximate surface area is 186 Å². The van der Waals surface area contributed by atoms with Crippen molar-refractivity contribution in [3.8, 4) is 0 Å². The van der Waals surface area contributed by atoms with E-state index in [2.05, 4.69) is 10.6 Å². The molecule has 0 fully saturated rings. The Kier molecular flexibility index (Phi) is 6.40. The fraction of sp³-hybridized carbons (Fsp3) is 0.286. The molecule has 1 aromatic carbocycles.